The minimum absolute atomic E-state index is 0.0933. The van der Waals surface area contributed by atoms with Crippen LogP contribution in [0.4, 0.5) is 8.78 Å². The van der Waals surface area contributed by atoms with E-state index in [0.717, 1.165) is 62.4 Å². The molecule has 2 aliphatic rings. The van der Waals surface area contributed by atoms with Crippen LogP contribution in [0.5, 0.6) is 5.75 Å². The monoisotopic (exact) mass is 426 g/mol. The Morgan fingerprint density at radius 1 is 0.871 bits per heavy atom. The van der Waals surface area contributed by atoms with Crippen molar-refractivity contribution in [2.24, 2.45) is 5.92 Å². The maximum absolute atomic E-state index is 15.1. The third-order valence-electron chi connectivity index (χ3n) is 7.58. The molecule has 1 saturated carbocycles. The lowest BCUT2D eigenvalue weighted by Crippen LogP contribution is -2.17. The van der Waals surface area contributed by atoms with Crippen molar-refractivity contribution in [1.29, 1.82) is 0 Å². The molecule has 1 atom stereocenters. The van der Waals surface area contributed by atoms with Gasteiger partial charge in [-0.3, -0.25) is 0 Å². The van der Waals surface area contributed by atoms with E-state index in [4.69, 9.17) is 4.74 Å². The first-order valence-electron chi connectivity index (χ1n) is 12.3. The minimum atomic E-state index is -0.347. The van der Waals surface area contributed by atoms with E-state index in [1.165, 1.54) is 30.4 Å². The Hall–Kier alpha value is -1.90. The van der Waals surface area contributed by atoms with Crippen molar-refractivity contribution >= 4 is 0 Å². The van der Waals surface area contributed by atoms with Crippen LogP contribution in [0.1, 0.15) is 99.3 Å². The van der Waals surface area contributed by atoms with Crippen LogP contribution in [0.3, 0.4) is 0 Å². The van der Waals surface area contributed by atoms with Crippen molar-refractivity contribution in [3.63, 3.8) is 0 Å². The second-order valence-corrected chi connectivity index (χ2v) is 9.60. The van der Waals surface area contributed by atoms with Gasteiger partial charge in [0.25, 0.3) is 0 Å². The van der Waals surface area contributed by atoms with Crippen LogP contribution >= 0.6 is 0 Å². The van der Waals surface area contributed by atoms with Gasteiger partial charge in [-0.05, 0) is 110 Å². The number of hydrogen-bond donors (Lipinski definition) is 0. The molecule has 1 unspecified atom stereocenters. The molecule has 0 radical (unpaired) electrons. The Kier molecular flexibility index (Phi) is 7.30. The van der Waals surface area contributed by atoms with E-state index in [9.17, 15) is 0 Å². The molecule has 168 valence electrons. The highest BCUT2D eigenvalue weighted by atomic mass is 19.1. The fourth-order valence-corrected chi connectivity index (χ4v) is 5.54. The van der Waals surface area contributed by atoms with Gasteiger partial charge in [-0.2, -0.15) is 0 Å². The average molecular weight is 427 g/mol. The van der Waals surface area contributed by atoms with Gasteiger partial charge >= 0.3 is 0 Å². The molecule has 2 aromatic carbocycles. The maximum atomic E-state index is 15.1. The van der Waals surface area contributed by atoms with Crippen LogP contribution in [0.15, 0.2) is 30.3 Å². The summed E-state index contributed by atoms with van der Waals surface area (Å²) >= 11 is 0. The summed E-state index contributed by atoms with van der Waals surface area (Å²) < 4.78 is 36.1. The van der Waals surface area contributed by atoms with Gasteiger partial charge < -0.3 is 4.74 Å². The van der Waals surface area contributed by atoms with Crippen LogP contribution in [-0.2, 0) is 12.8 Å². The molecule has 0 saturated heterocycles. The second kappa shape index (κ2) is 10.1. The fourth-order valence-electron chi connectivity index (χ4n) is 5.54. The molecular formula is C28H36F2O. The molecule has 0 aromatic heterocycles. The van der Waals surface area contributed by atoms with Crippen LogP contribution in [0.2, 0.25) is 0 Å². The Bertz CT molecular complexity index is 860. The number of hydrogen-bond acceptors (Lipinski definition) is 1. The van der Waals surface area contributed by atoms with E-state index < -0.39 is 0 Å². The predicted octanol–water partition coefficient (Wildman–Crippen LogP) is 8.10. The highest BCUT2D eigenvalue weighted by Gasteiger charge is 2.28. The van der Waals surface area contributed by atoms with E-state index in [1.54, 1.807) is 12.1 Å². The molecule has 2 aliphatic carbocycles. The van der Waals surface area contributed by atoms with Gasteiger partial charge in [0.1, 0.15) is 17.4 Å². The number of halogens is 2. The number of rotatable bonds is 7. The van der Waals surface area contributed by atoms with E-state index >= 15 is 8.78 Å². The van der Waals surface area contributed by atoms with Crippen molar-refractivity contribution in [1.82, 2.24) is 0 Å². The first-order valence-corrected chi connectivity index (χ1v) is 12.3. The summed E-state index contributed by atoms with van der Waals surface area (Å²) in [6.07, 6.45) is 10.1. The maximum Gasteiger partial charge on any atom is 0.129 e. The molecule has 2 aromatic rings. The van der Waals surface area contributed by atoms with Crippen LogP contribution < -0.4 is 4.74 Å². The molecule has 0 aliphatic heterocycles. The van der Waals surface area contributed by atoms with E-state index in [0.29, 0.717) is 17.9 Å². The Balaban J connectivity index is 1.47. The molecule has 0 heterocycles. The van der Waals surface area contributed by atoms with Crippen LogP contribution in [0.25, 0.3) is 0 Å². The largest absolute Gasteiger partial charge is 0.494 e. The zero-order chi connectivity index (χ0) is 21.8. The third kappa shape index (κ3) is 5.13. The number of fused-ring (bicyclic) bond motifs is 1. The number of unbranched alkanes of at least 4 members (excludes halogenated alkanes) is 1. The molecule has 3 heteroatoms. The third-order valence-corrected chi connectivity index (χ3v) is 7.58. The highest BCUT2D eigenvalue weighted by Crippen LogP contribution is 2.41. The summed E-state index contributed by atoms with van der Waals surface area (Å²) in [6.45, 7) is 5.13. The summed E-state index contributed by atoms with van der Waals surface area (Å²) in [5, 5.41) is 0. The lowest BCUT2D eigenvalue weighted by atomic mass is 9.76. The van der Waals surface area contributed by atoms with Gasteiger partial charge in [0.2, 0.25) is 0 Å². The summed E-state index contributed by atoms with van der Waals surface area (Å²) in [7, 11) is 0. The first kappa shape index (κ1) is 22.3. The molecule has 0 bridgehead atoms. The zero-order valence-electron chi connectivity index (χ0n) is 19.1. The summed E-state index contributed by atoms with van der Waals surface area (Å²) in [5.41, 5.74) is 3.61. The zero-order valence-corrected chi connectivity index (χ0v) is 19.1. The summed E-state index contributed by atoms with van der Waals surface area (Å²) in [6, 6.07) is 9.47. The topological polar surface area (TPSA) is 9.23 Å². The van der Waals surface area contributed by atoms with Gasteiger partial charge in [0.15, 0.2) is 0 Å². The summed E-state index contributed by atoms with van der Waals surface area (Å²) in [4.78, 5) is 0. The van der Waals surface area contributed by atoms with Gasteiger partial charge in [-0.1, -0.05) is 32.8 Å². The first-order chi connectivity index (χ1) is 15.1. The molecule has 31 heavy (non-hydrogen) atoms. The molecule has 0 N–H and O–H groups in total. The van der Waals surface area contributed by atoms with Gasteiger partial charge in [0, 0.05) is 5.56 Å². The molecule has 4 rings (SSSR count). The summed E-state index contributed by atoms with van der Waals surface area (Å²) in [5.74, 6) is 1.21. The fraction of sp³-hybridized carbons (Fsp3) is 0.571. The molecular weight excluding hydrogens is 390 g/mol. The van der Waals surface area contributed by atoms with E-state index in [1.807, 2.05) is 6.07 Å². The van der Waals surface area contributed by atoms with Crippen LogP contribution in [-0.4, -0.2) is 6.61 Å². The van der Waals surface area contributed by atoms with Crippen molar-refractivity contribution in [2.75, 3.05) is 6.61 Å². The normalized spacial score (nSPS) is 23.4. The predicted molar refractivity (Wildman–Crippen MR) is 123 cm³/mol. The number of aryl methyl sites for hydroxylation is 1. The average Bonchev–Trinajstić information content (AvgIpc) is 2.79. The molecule has 1 fully saturated rings. The van der Waals surface area contributed by atoms with Gasteiger partial charge in [0.05, 0.1) is 6.61 Å². The van der Waals surface area contributed by atoms with Crippen LogP contribution in [0, 0.1) is 17.6 Å². The van der Waals surface area contributed by atoms with Crippen molar-refractivity contribution in [2.45, 2.75) is 89.9 Å². The van der Waals surface area contributed by atoms with Crippen molar-refractivity contribution in [3.8, 4) is 5.75 Å². The Morgan fingerprint density at radius 3 is 2.29 bits per heavy atom. The molecule has 0 spiro atoms. The standard InChI is InChI=1S/C28H36F2O/c1-3-5-14-31-25-13-12-21-15-23(11-10-22(21)16-25)28-26(29)17-24(18-27(28)30)20-8-6-19(4-2)7-9-20/h12-13,16-20,23H,3-11,14-15H2,1-2H3. The number of benzene rings is 2. The lowest BCUT2D eigenvalue weighted by Gasteiger charge is -2.29. The molecule has 0 amide bonds. The smallest absolute Gasteiger partial charge is 0.129 e. The van der Waals surface area contributed by atoms with E-state index in [2.05, 4.69) is 26.0 Å². The quantitative estimate of drug-likeness (QED) is 0.406. The Labute approximate surface area is 186 Å². The number of ether oxygens (including phenoxy) is 1. The van der Waals surface area contributed by atoms with Gasteiger partial charge in [-0.15, -0.1) is 0 Å². The highest BCUT2D eigenvalue weighted by molar-refractivity contribution is 5.40. The minimum Gasteiger partial charge on any atom is -0.494 e. The SMILES string of the molecule is CCCCOc1ccc2c(c1)CCC(c1c(F)cc(C3CCC(CC)CC3)cc1F)C2. The van der Waals surface area contributed by atoms with Crippen molar-refractivity contribution < 1.29 is 13.5 Å². The lowest BCUT2D eigenvalue weighted by molar-refractivity contribution is 0.308. The Morgan fingerprint density at radius 2 is 1.61 bits per heavy atom. The second-order valence-electron chi connectivity index (χ2n) is 9.60. The van der Waals surface area contributed by atoms with Gasteiger partial charge in [-0.25, -0.2) is 8.78 Å². The molecule has 1 nitrogen and oxygen atoms in total. The van der Waals surface area contributed by atoms with E-state index in [-0.39, 0.29) is 17.6 Å². The van der Waals surface area contributed by atoms with Crippen molar-refractivity contribution in [3.05, 3.63) is 64.2 Å².